The van der Waals surface area contributed by atoms with Crippen molar-refractivity contribution >= 4 is 6.29 Å². The van der Waals surface area contributed by atoms with Crippen LogP contribution in [0.25, 0.3) is 0 Å². The zero-order chi connectivity index (χ0) is 16.5. The number of hydrogen-bond acceptors (Lipinski definition) is 3. The quantitative estimate of drug-likeness (QED) is 0.767. The molecule has 2 N–H and O–H groups in total. The Hall–Kier alpha value is -0.410. The third-order valence-corrected chi connectivity index (χ3v) is 8.91. The summed E-state index contributed by atoms with van der Waals surface area (Å²) in [6.45, 7) is 4.55. The van der Waals surface area contributed by atoms with Gasteiger partial charge in [-0.05, 0) is 80.0 Å². The number of hydrogen-bond donors (Lipinski definition) is 2. The molecule has 0 aromatic carbocycles. The Labute approximate surface area is 139 Å². The number of aldehydes is 1. The highest BCUT2D eigenvalue weighted by Gasteiger charge is 2.67. The maximum absolute atomic E-state index is 11.9. The van der Waals surface area contributed by atoms with Gasteiger partial charge in [0, 0.05) is 5.41 Å². The summed E-state index contributed by atoms with van der Waals surface area (Å²) >= 11 is 0. The first-order valence-electron chi connectivity index (χ1n) is 9.62. The lowest BCUT2D eigenvalue weighted by Crippen LogP contribution is -2.56. The largest absolute Gasteiger partial charge is 0.393 e. The second-order valence-corrected chi connectivity index (χ2v) is 9.91. The molecule has 0 amide bonds. The first-order chi connectivity index (χ1) is 10.8. The van der Waals surface area contributed by atoms with Gasteiger partial charge in [0.25, 0.3) is 0 Å². The zero-order valence-electron chi connectivity index (χ0n) is 14.7. The predicted octanol–water partition coefficient (Wildman–Crippen LogP) is 3.32. The van der Waals surface area contributed by atoms with Crippen molar-refractivity contribution in [3.8, 4) is 0 Å². The molecule has 3 nitrogen and oxygen atoms in total. The molecule has 7 atom stereocenters. The van der Waals surface area contributed by atoms with Crippen molar-refractivity contribution in [1.82, 2.24) is 0 Å². The summed E-state index contributed by atoms with van der Waals surface area (Å²) in [6, 6.07) is 0. The molecule has 0 unspecified atom stereocenters. The highest BCUT2D eigenvalue weighted by Crippen LogP contribution is 2.72. The van der Waals surface area contributed by atoms with E-state index in [-0.39, 0.29) is 28.8 Å². The summed E-state index contributed by atoms with van der Waals surface area (Å²) < 4.78 is 0. The molecule has 4 saturated carbocycles. The Kier molecular flexibility index (Phi) is 3.37. The van der Waals surface area contributed by atoms with Gasteiger partial charge in [-0.3, -0.25) is 0 Å². The second-order valence-electron chi connectivity index (χ2n) is 9.91. The van der Waals surface area contributed by atoms with Crippen molar-refractivity contribution in [3.63, 3.8) is 0 Å². The molecule has 130 valence electrons. The van der Waals surface area contributed by atoms with Gasteiger partial charge in [-0.15, -0.1) is 0 Å². The molecule has 1 spiro atoms. The van der Waals surface area contributed by atoms with Crippen LogP contribution >= 0.6 is 0 Å². The third-order valence-electron chi connectivity index (χ3n) is 8.91. The van der Waals surface area contributed by atoms with Crippen LogP contribution in [-0.4, -0.2) is 28.7 Å². The van der Waals surface area contributed by atoms with Crippen molar-refractivity contribution in [1.29, 1.82) is 0 Å². The molecule has 4 aliphatic carbocycles. The number of rotatable bonds is 2. The van der Waals surface area contributed by atoms with E-state index in [1.807, 2.05) is 0 Å². The molecule has 4 aliphatic rings. The maximum atomic E-state index is 11.9. The summed E-state index contributed by atoms with van der Waals surface area (Å²) in [5.41, 5.74) is -0.553. The monoisotopic (exact) mass is 320 g/mol. The minimum Gasteiger partial charge on any atom is -0.393 e. The summed E-state index contributed by atoms with van der Waals surface area (Å²) in [4.78, 5) is 11.9. The van der Waals surface area contributed by atoms with Crippen LogP contribution in [0.1, 0.15) is 71.6 Å². The first kappa shape index (κ1) is 16.1. The van der Waals surface area contributed by atoms with Gasteiger partial charge >= 0.3 is 0 Å². The lowest BCUT2D eigenvalue weighted by molar-refractivity contribution is -0.157. The van der Waals surface area contributed by atoms with Gasteiger partial charge in [-0.25, -0.2) is 0 Å². The van der Waals surface area contributed by atoms with Crippen molar-refractivity contribution in [2.24, 2.45) is 34.0 Å². The Balaban J connectivity index is 1.72. The molecule has 4 rings (SSSR count). The van der Waals surface area contributed by atoms with Crippen LogP contribution < -0.4 is 0 Å². The fourth-order valence-corrected chi connectivity index (χ4v) is 8.00. The molecule has 0 aromatic heterocycles. The molecule has 0 radical (unpaired) electrons. The molecular formula is C20H32O3. The number of fused-ring (bicyclic) bond motifs is 3. The average Bonchev–Trinajstić information content (AvgIpc) is 2.74. The lowest BCUT2D eigenvalue weighted by Gasteiger charge is -2.63. The van der Waals surface area contributed by atoms with Crippen molar-refractivity contribution in [3.05, 3.63) is 0 Å². The Bertz CT molecular complexity index is 519. The van der Waals surface area contributed by atoms with Crippen LogP contribution in [-0.2, 0) is 4.79 Å². The van der Waals surface area contributed by atoms with E-state index >= 15 is 0 Å². The highest BCUT2D eigenvalue weighted by atomic mass is 16.3. The Morgan fingerprint density at radius 2 is 1.87 bits per heavy atom. The number of aliphatic hydroxyl groups excluding tert-OH is 1. The van der Waals surface area contributed by atoms with E-state index < -0.39 is 5.60 Å². The predicted molar refractivity (Wildman–Crippen MR) is 88.8 cm³/mol. The van der Waals surface area contributed by atoms with Crippen LogP contribution in [0.15, 0.2) is 0 Å². The SMILES string of the molecule is C[C@@]12CCC[C@@](C)(C=O)[C@@H]1CC[C@@]13C[C@H](CC[C@H]12)[C@@](O)(CO)C3. The Morgan fingerprint density at radius 1 is 1.09 bits per heavy atom. The average molecular weight is 320 g/mol. The first-order valence-corrected chi connectivity index (χ1v) is 9.62. The fourth-order valence-electron chi connectivity index (χ4n) is 8.00. The van der Waals surface area contributed by atoms with Gasteiger partial charge in [-0.2, -0.15) is 0 Å². The molecule has 23 heavy (non-hydrogen) atoms. The smallest absolute Gasteiger partial charge is 0.126 e. The van der Waals surface area contributed by atoms with Gasteiger partial charge < -0.3 is 15.0 Å². The van der Waals surface area contributed by atoms with E-state index in [4.69, 9.17) is 0 Å². The van der Waals surface area contributed by atoms with E-state index in [2.05, 4.69) is 13.8 Å². The third kappa shape index (κ3) is 1.93. The zero-order valence-corrected chi connectivity index (χ0v) is 14.7. The molecule has 0 saturated heterocycles. The van der Waals surface area contributed by atoms with E-state index in [1.165, 1.54) is 19.1 Å². The summed E-state index contributed by atoms with van der Waals surface area (Å²) in [5, 5.41) is 20.7. The van der Waals surface area contributed by atoms with Gasteiger partial charge in [0.05, 0.1) is 12.2 Å². The number of carbonyl (C=O) groups is 1. The molecule has 3 heteroatoms. The minimum absolute atomic E-state index is 0.0850. The van der Waals surface area contributed by atoms with Crippen LogP contribution in [0.5, 0.6) is 0 Å². The van der Waals surface area contributed by atoms with Gasteiger partial charge in [0.1, 0.15) is 6.29 Å². The topological polar surface area (TPSA) is 57.5 Å². The highest BCUT2D eigenvalue weighted by molar-refractivity contribution is 5.60. The van der Waals surface area contributed by atoms with E-state index in [0.29, 0.717) is 11.8 Å². The molecule has 4 fully saturated rings. The van der Waals surface area contributed by atoms with E-state index in [0.717, 1.165) is 44.9 Å². The molecular weight excluding hydrogens is 288 g/mol. The van der Waals surface area contributed by atoms with Crippen molar-refractivity contribution in [2.45, 2.75) is 77.2 Å². The summed E-state index contributed by atoms with van der Waals surface area (Å²) in [7, 11) is 0. The fraction of sp³-hybridized carbons (Fsp3) is 0.950. The number of aliphatic hydroxyl groups is 2. The molecule has 0 heterocycles. The summed E-state index contributed by atoms with van der Waals surface area (Å²) in [5.74, 6) is 1.39. The molecule has 0 aliphatic heterocycles. The Morgan fingerprint density at radius 3 is 2.57 bits per heavy atom. The van der Waals surface area contributed by atoms with Crippen LogP contribution in [0, 0.1) is 34.0 Å². The maximum Gasteiger partial charge on any atom is 0.126 e. The second kappa shape index (κ2) is 4.82. The van der Waals surface area contributed by atoms with Gasteiger partial charge in [0.2, 0.25) is 0 Å². The molecule has 0 aromatic rings. The summed E-state index contributed by atoms with van der Waals surface area (Å²) in [6.07, 6.45) is 11.0. The normalized spacial score (nSPS) is 58.3. The van der Waals surface area contributed by atoms with Gasteiger partial charge in [-0.1, -0.05) is 20.3 Å². The van der Waals surface area contributed by atoms with Crippen molar-refractivity contribution < 1.29 is 15.0 Å². The van der Waals surface area contributed by atoms with Crippen LogP contribution in [0.4, 0.5) is 0 Å². The lowest BCUT2D eigenvalue weighted by atomic mass is 9.41. The van der Waals surface area contributed by atoms with E-state index in [9.17, 15) is 15.0 Å². The van der Waals surface area contributed by atoms with Crippen LogP contribution in [0.2, 0.25) is 0 Å². The molecule has 2 bridgehead atoms. The van der Waals surface area contributed by atoms with Crippen molar-refractivity contribution in [2.75, 3.05) is 6.61 Å². The van der Waals surface area contributed by atoms with Crippen LogP contribution in [0.3, 0.4) is 0 Å². The number of carbonyl (C=O) groups excluding carboxylic acids is 1. The minimum atomic E-state index is -0.847. The van der Waals surface area contributed by atoms with E-state index in [1.54, 1.807) is 0 Å². The standard InChI is InChI=1S/C20H32O3/c1-17(12-21)7-3-8-18(2)15(17)6-9-19-10-14(4-5-16(18)19)20(23,11-19)13-22/h12,14-16,22-23H,3-11,13H2,1-2H3/t14-,15-,16-,17-,18+,19-,20-/m0/s1. The van der Waals surface area contributed by atoms with Gasteiger partial charge in [0.15, 0.2) is 0 Å².